The molecule has 1 aromatic rings. The van der Waals surface area contributed by atoms with E-state index in [1.165, 1.54) is 0 Å². The van der Waals surface area contributed by atoms with Gasteiger partial charge in [0.15, 0.2) is 5.82 Å². The Kier molecular flexibility index (Phi) is 5.68. The predicted octanol–water partition coefficient (Wildman–Crippen LogP) is 1.54. The second-order valence-electron chi connectivity index (χ2n) is 5.46. The summed E-state index contributed by atoms with van der Waals surface area (Å²) in [6, 6.07) is 0. The monoisotopic (exact) mass is 255 g/mol. The Morgan fingerprint density at radius 3 is 2.61 bits per heavy atom. The maximum absolute atomic E-state index is 5.81. The Bertz CT molecular complexity index is 344. The van der Waals surface area contributed by atoms with Gasteiger partial charge in [-0.25, -0.2) is 4.68 Å². The summed E-state index contributed by atoms with van der Waals surface area (Å²) >= 11 is 0. The highest BCUT2D eigenvalue weighted by atomic mass is 16.5. The van der Waals surface area contributed by atoms with Crippen molar-refractivity contribution >= 4 is 0 Å². The van der Waals surface area contributed by atoms with Gasteiger partial charge in [-0.15, -0.1) is 5.10 Å². The molecule has 1 unspecified atom stereocenters. The zero-order valence-corrected chi connectivity index (χ0v) is 11.9. The topological polar surface area (TPSA) is 78.9 Å². The van der Waals surface area contributed by atoms with Crippen molar-refractivity contribution in [1.29, 1.82) is 0 Å². The standard InChI is InChI=1S/C12H25N5O/c1-5-18-10(12(2,3)4)11-14-15-16-17(11)9-7-6-8-13/h10H,5-9,13H2,1-4H3. The lowest BCUT2D eigenvalue weighted by Crippen LogP contribution is -2.25. The van der Waals surface area contributed by atoms with Crippen molar-refractivity contribution in [3.8, 4) is 0 Å². The van der Waals surface area contributed by atoms with E-state index in [0.717, 1.165) is 25.2 Å². The maximum Gasteiger partial charge on any atom is 0.180 e. The average molecular weight is 255 g/mol. The fourth-order valence-electron chi connectivity index (χ4n) is 1.84. The largest absolute Gasteiger partial charge is 0.370 e. The molecule has 18 heavy (non-hydrogen) atoms. The Morgan fingerprint density at radius 2 is 2.06 bits per heavy atom. The maximum atomic E-state index is 5.81. The fourth-order valence-corrected chi connectivity index (χ4v) is 1.84. The molecule has 0 aliphatic heterocycles. The second-order valence-corrected chi connectivity index (χ2v) is 5.46. The first-order chi connectivity index (χ1) is 8.50. The summed E-state index contributed by atoms with van der Waals surface area (Å²) in [5.41, 5.74) is 5.47. The van der Waals surface area contributed by atoms with E-state index in [4.69, 9.17) is 10.5 Å². The van der Waals surface area contributed by atoms with Gasteiger partial charge in [0.05, 0.1) is 0 Å². The van der Waals surface area contributed by atoms with Crippen molar-refractivity contribution in [1.82, 2.24) is 20.2 Å². The van der Waals surface area contributed by atoms with Gasteiger partial charge < -0.3 is 10.5 Å². The second kappa shape index (κ2) is 6.80. The lowest BCUT2D eigenvalue weighted by molar-refractivity contribution is -0.0221. The highest BCUT2D eigenvalue weighted by molar-refractivity contribution is 4.94. The van der Waals surface area contributed by atoms with E-state index in [9.17, 15) is 0 Å². The van der Waals surface area contributed by atoms with Gasteiger partial charge >= 0.3 is 0 Å². The van der Waals surface area contributed by atoms with Crippen LogP contribution in [0.2, 0.25) is 0 Å². The Balaban J connectivity index is 2.82. The first-order valence-corrected chi connectivity index (χ1v) is 6.58. The molecular weight excluding hydrogens is 230 g/mol. The van der Waals surface area contributed by atoms with E-state index in [1.807, 2.05) is 11.6 Å². The number of ether oxygens (including phenoxy) is 1. The van der Waals surface area contributed by atoms with Crippen LogP contribution in [0, 0.1) is 5.41 Å². The molecule has 0 saturated heterocycles. The molecule has 0 aliphatic carbocycles. The van der Waals surface area contributed by atoms with Gasteiger partial charge in [0.1, 0.15) is 6.10 Å². The molecule has 1 aromatic heterocycles. The fraction of sp³-hybridized carbons (Fsp3) is 0.917. The van der Waals surface area contributed by atoms with Crippen molar-refractivity contribution in [2.45, 2.75) is 53.2 Å². The van der Waals surface area contributed by atoms with Crippen LogP contribution in [-0.4, -0.2) is 33.4 Å². The molecule has 0 spiro atoms. The zero-order chi connectivity index (χ0) is 13.6. The number of hydrogen-bond acceptors (Lipinski definition) is 5. The molecule has 0 amide bonds. The van der Waals surface area contributed by atoms with Gasteiger partial charge in [0.25, 0.3) is 0 Å². The number of aromatic nitrogens is 4. The third-order valence-corrected chi connectivity index (χ3v) is 2.74. The number of rotatable bonds is 7. The van der Waals surface area contributed by atoms with Crippen LogP contribution in [0.4, 0.5) is 0 Å². The molecular formula is C12H25N5O. The Hall–Kier alpha value is -1.01. The highest BCUT2D eigenvalue weighted by Crippen LogP contribution is 2.34. The smallest absolute Gasteiger partial charge is 0.180 e. The van der Waals surface area contributed by atoms with Crippen molar-refractivity contribution in [2.75, 3.05) is 13.2 Å². The molecule has 1 rings (SSSR count). The summed E-state index contributed by atoms with van der Waals surface area (Å²) in [5, 5.41) is 11.9. The Morgan fingerprint density at radius 1 is 1.33 bits per heavy atom. The summed E-state index contributed by atoms with van der Waals surface area (Å²) < 4.78 is 7.64. The van der Waals surface area contributed by atoms with Gasteiger partial charge in [-0.05, 0) is 42.2 Å². The zero-order valence-electron chi connectivity index (χ0n) is 11.9. The Labute approximate surface area is 109 Å². The van der Waals surface area contributed by atoms with Crippen LogP contribution in [0.25, 0.3) is 0 Å². The normalized spacial score (nSPS) is 13.8. The lowest BCUT2D eigenvalue weighted by atomic mass is 9.88. The van der Waals surface area contributed by atoms with Crippen molar-refractivity contribution < 1.29 is 4.74 Å². The van der Waals surface area contributed by atoms with Crippen LogP contribution < -0.4 is 5.73 Å². The number of nitrogens with two attached hydrogens (primary N) is 1. The van der Waals surface area contributed by atoms with Crippen LogP contribution in [0.3, 0.4) is 0 Å². The summed E-state index contributed by atoms with van der Waals surface area (Å²) in [5.74, 6) is 0.807. The molecule has 6 heteroatoms. The average Bonchev–Trinajstić information content (AvgIpc) is 2.73. The summed E-state index contributed by atoms with van der Waals surface area (Å²) in [7, 11) is 0. The molecule has 1 heterocycles. The van der Waals surface area contributed by atoms with Gasteiger partial charge in [0.2, 0.25) is 0 Å². The molecule has 0 aromatic carbocycles. The first-order valence-electron chi connectivity index (χ1n) is 6.58. The van der Waals surface area contributed by atoms with Crippen molar-refractivity contribution in [2.24, 2.45) is 11.1 Å². The van der Waals surface area contributed by atoms with Gasteiger partial charge in [-0.1, -0.05) is 20.8 Å². The molecule has 0 fully saturated rings. The van der Waals surface area contributed by atoms with Crippen LogP contribution in [-0.2, 0) is 11.3 Å². The van der Waals surface area contributed by atoms with Crippen LogP contribution in [0.1, 0.15) is 52.5 Å². The minimum atomic E-state index is -0.0876. The van der Waals surface area contributed by atoms with Gasteiger partial charge in [-0.3, -0.25) is 0 Å². The summed E-state index contributed by atoms with van der Waals surface area (Å²) in [4.78, 5) is 0. The highest BCUT2D eigenvalue weighted by Gasteiger charge is 2.31. The summed E-state index contributed by atoms with van der Waals surface area (Å²) in [6.45, 7) is 10.5. The molecule has 0 aliphatic rings. The lowest BCUT2D eigenvalue weighted by Gasteiger charge is -2.29. The quantitative estimate of drug-likeness (QED) is 0.748. The van der Waals surface area contributed by atoms with E-state index < -0.39 is 0 Å². The van der Waals surface area contributed by atoms with Crippen molar-refractivity contribution in [3.05, 3.63) is 5.82 Å². The van der Waals surface area contributed by atoms with Crippen molar-refractivity contribution in [3.63, 3.8) is 0 Å². The van der Waals surface area contributed by atoms with Crippen LogP contribution in [0.15, 0.2) is 0 Å². The van der Waals surface area contributed by atoms with Crippen LogP contribution >= 0.6 is 0 Å². The minimum Gasteiger partial charge on any atom is -0.370 e. The third-order valence-electron chi connectivity index (χ3n) is 2.74. The number of unbranched alkanes of at least 4 members (excludes halogenated alkanes) is 1. The molecule has 1 atom stereocenters. The molecule has 0 radical (unpaired) electrons. The number of nitrogens with zero attached hydrogens (tertiary/aromatic N) is 4. The number of hydrogen-bond donors (Lipinski definition) is 1. The van der Waals surface area contributed by atoms with E-state index in [-0.39, 0.29) is 11.5 Å². The SMILES string of the molecule is CCOC(c1nnnn1CCCCN)C(C)(C)C. The number of tetrazole rings is 1. The minimum absolute atomic E-state index is 0.0314. The first kappa shape index (κ1) is 15.0. The van der Waals surface area contributed by atoms with Gasteiger partial charge in [0, 0.05) is 13.2 Å². The van der Waals surface area contributed by atoms with Crippen LogP contribution in [0.5, 0.6) is 0 Å². The molecule has 2 N–H and O–H groups in total. The van der Waals surface area contributed by atoms with E-state index in [0.29, 0.717) is 13.2 Å². The van der Waals surface area contributed by atoms with E-state index >= 15 is 0 Å². The van der Waals surface area contributed by atoms with E-state index in [2.05, 4.69) is 36.3 Å². The number of aryl methyl sites for hydroxylation is 1. The molecule has 0 bridgehead atoms. The molecule has 6 nitrogen and oxygen atoms in total. The summed E-state index contributed by atoms with van der Waals surface area (Å²) in [6.07, 6.45) is 1.88. The molecule has 104 valence electrons. The van der Waals surface area contributed by atoms with Gasteiger partial charge in [-0.2, -0.15) is 0 Å². The predicted molar refractivity (Wildman–Crippen MR) is 69.9 cm³/mol. The third kappa shape index (κ3) is 4.03. The molecule has 0 saturated carbocycles. The van der Waals surface area contributed by atoms with E-state index in [1.54, 1.807) is 0 Å².